The van der Waals surface area contributed by atoms with Crippen LogP contribution in [-0.4, -0.2) is 60.7 Å². The fourth-order valence-corrected chi connectivity index (χ4v) is 3.09. The van der Waals surface area contributed by atoms with Crippen molar-refractivity contribution in [2.45, 2.75) is 6.92 Å². The number of aromatic carboxylic acids is 1. The summed E-state index contributed by atoms with van der Waals surface area (Å²) in [6.07, 6.45) is 1.57. The molecule has 0 saturated carbocycles. The van der Waals surface area contributed by atoms with Gasteiger partial charge in [0.25, 0.3) is 0 Å². The van der Waals surface area contributed by atoms with Crippen molar-refractivity contribution in [3.05, 3.63) is 41.7 Å². The van der Waals surface area contributed by atoms with Crippen LogP contribution < -0.4 is 9.64 Å². The first-order chi connectivity index (χ1) is 12.4. The van der Waals surface area contributed by atoms with Gasteiger partial charge in [0.1, 0.15) is 5.75 Å². The highest BCUT2D eigenvalue weighted by molar-refractivity contribution is 6.01. The second-order valence-corrected chi connectivity index (χ2v) is 6.34. The fourth-order valence-electron chi connectivity index (χ4n) is 3.09. The molecule has 0 spiro atoms. The van der Waals surface area contributed by atoms with Crippen molar-refractivity contribution in [3.8, 4) is 16.9 Å². The van der Waals surface area contributed by atoms with Gasteiger partial charge in [-0.1, -0.05) is 0 Å². The molecule has 3 rings (SSSR count). The van der Waals surface area contributed by atoms with Gasteiger partial charge in [0.15, 0.2) is 0 Å². The van der Waals surface area contributed by atoms with Gasteiger partial charge in [0.05, 0.1) is 25.4 Å². The topological polar surface area (TPSA) is 83.0 Å². The number of aromatic nitrogens is 1. The third kappa shape index (κ3) is 3.39. The zero-order valence-electron chi connectivity index (χ0n) is 15.0. The molecule has 7 heteroatoms. The van der Waals surface area contributed by atoms with Crippen LogP contribution in [0.1, 0.15) is 16.1 Å². The van der Waals surface area contributed by atoms with Gasteiger partial charge < -0.3 is 14.7 Å². The average Bonchev–Trinajstić information content (AvgIpc) is 2.61. The number of piperazine rings is 1. The van der Waals surface area contributed by atoms with Gasteiger partial charge in [-0.15, -0.1) is 0 Å². The molecule has 2 aromatic rings. The Labute approximate surface area is 151 Å². The number of aryl methyl sites for hydroxylation is 1. The summed E-state index contributed by atoms with van der Waals surface area (Å²) in [5.41, 5.74) is 2.72. The number of methoxy groups -OCH3 is 1. The number of benzene rings is 1. The van der Waals surface area contributed by atoms with Crippen LogP contribution in [0.2, 0.25) is 0 Å². The van der Waals surface area contributed by atoms with Crippen LogP contribution in [0, 0.1) is 6.92 Å². The van der Waals surface area contributed by atoms with Crippen molar-refractivity contribution in [2.75, 3.05) is 38.7 Å². The lowest BCUT2D eigenvalue weighted by Crippen LogP contribution is -2.48. The Morgan fingerprint density at radius 3 is 2.65 bits per heavy atom. The summed E-state index contributed by atoms with van der Waals surface area (Å²) in [5, 5.41) is 9.60. The molecule has 1 N–H and O–H groups in total. The monoisotopic (exact) mass is 355 g/mol. The van der Waals surface area contributed by atoms with Crippen LogP contribution in [0.3, 0.4) is 0 Å². The van der Waals surface area contributed by atoms with Gasteiger partial charge in [-0.3, -0.25) is 14.7 Å². The lowest BCUT2D eigenvalue weighted by molar-refractivity contribution is -0.120. The first-order valence-electron chi connectivity index (χ1n) is 8.28. The third-order valence-corrected chi connectivity index (χ3v) is 4.47. The maximum atomic E-state index is 12.4. The predicted molar refractivity (Wildman–Crippen MR) is 97.8 cm³/mol. The Morgan fingerprint density at radius 1 is 1.23 bits per heavy atom. The molecule has 1 aliphatic heterocycles. The van der Waals surface area contributed by atoms with Crippen LogP contribution >= 0.6 is 0 Å². The van der Waals surface area contributed by atoms with Crippen LogP contribution in [0.25, 0.3) is 11.1 Å². The van der Waals surface area contributed by atoms with Gasteiger partial charge >= 0.3 is 5.97 Å². The highest BCUT2D eigenvalue weighted by Crippen LogP contribution is 2.35. The number of pyridine rings is 1. The number of amides is 1. The fraction of sp³-hybridized carbons (Fsp3) is 0.316. The Hall–Kier alpha value is -2.93. The summed E-state index contributed by atoms with van der Waals surface area (Å²) >= 11 is 0. The molecule has 1 amide bonds. The molecule has 0 aliphatic carbocycles. The quantitative estimate of drug-likeness (QED) is 0.904. The van der Waals surface area contributed by atoms with Gasteiger partial charge in [-0.25, -0.2) is 4.79 Å². The lowest BCUT2D eigenvalue weighted by Gasteiger charge is -2.32. The molecule has 1 aromatic carbocycles. The normalized spacial score (nSPS) is 15.2. The van der Waals surface area contributed by atoms with Gasteiger partial charge in [0.2, 0.25) is 5.91 Å². The second-order valence-electron chi connectivity index (χ2n) is 6.34. The van der Waals surface area contributed by atoms with E-state index in [0.717, 1.165) is 12.2 Å². The molecule has 1 saturated heterocycles. The van der Waals surface area contributed by atoms with Gasteiger partial charge in [-0.05, 0) is 38.2 Å². The minimum absolute atomic E-state index is 0.00866. The molecule has 0 atom stereocenters. The molecule has 1 aromatic heterocycles. The standard InChI is InChI=1S/C19H21N3O4/c1-12-8-16(17(26-3)10-20-12)15-9-13(4-5-14(15)19(24)25)22-7-6-21(2)11-18(22)23/h4-5,8-10H,6-7,11H2,1-3H3,(H,24,25). The number of likely N-dealkylation sites (N-methyl/N-ethyl adjacent to an activating group) is 1. The molecule has 7 nitrogen and oxygen atoms in total. The molecule has 2 heterocycles. The summed E-state index contributed by atoms with van der Waals surface area (Å²) in [5.74, 6) is -0.557. The third-order valence-electron chi connectivity index (χ3n) is 4.47. The van der Waals surface area contributed by atoms with E-state index in [1.807, 2.05) is 18.9 Å². The summed E-state index contributed by atoms with van der Waals surface area (Å²) in [4.78, 5) is 32.0. The van der Waals surface area contributed by atoms with Crippen molar-refractivity contribution in [2.24, 2.45) is 0 Å². The number of carboxylic acid groups (broad SMARTS) is 1. The molecule has 0 unspecified atom stereocenters. The van der Waals surface area contributed by atoms with E-state index in [1.165, 1.54) is 13.2 Å². The van der Waals surface area contributed by atoms with Gasteiger partial charge in [0, 0.05) is 35.6 Å². The maximum absolute atomic E-state index is 12.4. The molecule has 26 heavy (non-hydrogen) atoms. The minimum Gasteiger partial charge on any atom is -0.494 e. The Kier molecular flexibility index (Phi) is 4.90. The number of carbonyl (C=O) groups is 2. The number of ether oxygens (including phenoxy) is 1. The number of hydrogen-bond donors (Lipinski definition) is 1. The number of carbonyl (C=O) groups excluding carboxylic acids is 1. The number of hydrogen-bond acceptors (Lipinski definition) is 5. The number of anilines is 1. The number of nitrogens with zero attached hydrogens (tertiary/aromatic N) is 3. The lowest BCUT2D eigenvalue weighted by atomic mass is 9.97. The first kappa shape index (κ1) is 17.9. The van der Waals surface area contributed by atoms with E-state index in [4.69, 9.17) is 4.74 Å². The van der Waals surface area contributed by atoms with E-state index >= 15 is 0 Å². The summed E-state index contributed by atoms with van der Waals surface area (Å²) < 4.78 is 5.37. The van der Waals surface area contributed by atoms with E-state index in [9.17, 15) is 14.7 Å². The van der Waals surface area contributed by atoms with E-state index in [0.29, 0.717) is 35.7 Å². The first-order valence-corrected chi connectivity index (χ1v) is 8.28. The largest absolute Gasteiger partial charge is 0.494 e. The van der Waals surface area contributed by atoms with Crippen molar-refractivity contribution in [1.82, 2.24) is 9.88 Å². The zero-order chi connectivity index (χ0) is 18.8. The van der Waals surface area contributed by atoms with Crippen LogP contribution in [-0.2, 0) is 4.79 Å². The van der Waals surface area contributed by atoms with Crippen molar-refractivity contribution >= 4 is 17.6 Å². The van der Waals surface area contributed by atoms with E-state index in [2.05, 4.69) is 4.98 Å². The van der Waals surface area contributed by atoms with E-state index in [1.54, 1.807) is 29.3 Å². The highest BCUT2D eigenvalue weighted by atomic mass is 16.5. The summed E-state index contributed by atoms with van der Waals surface area (Å²) in [7, 11) is 3.42. The van der Waals surface area contributed by atoms with Crippen LogP contribution in [0.15, 0.2) is 30.5 Å². The van der Waals surface area contributed by atoms with Crippen molar-refractivity contribution in [3.63, 3.8) is 0 Å². The molecule has 1 fully saturated rings. The number of rotatable bonds is 4. The number of carboxylic acids is 1. The second kappa shape index (κ2) is 7.13. The zero-order valence-corrected chi connectivity index (χ0v) is 15.0. The summed E-state index contributed by atoms with van der Waals surface area (Å²) in [6.45, 7) is 3.50. The van der Waals surface area contributed by atoms with E-state index in [-0.39, 0.29) is 11.5 Å². The van der Waals surface area contributed by atoms with E-state index < -0.39 is 5.97 Å². The minimum atomic E-state index is -1.03. The summed E-state index contributed by atoms with van der Waals surface area (Å²) in [6, 6.07) is 6.74. The van der Waals surface area contributed by atoms with Crippen molar-refractivity contribution in [1.29, 1.82) is 0 Å². The molecule has 136 valence electrons. The molecular weight excluding hydrogens is 334 g/mol. The molecule has 1 aliphatic rings. The highest BCUT2D eigenvalue weighted by Gasteiger charge is 2.25. The molecular formula is C19H21N3O4. The predicted octanol–water partition coefficient (Wildman–Crippen LogP) is 2.04. The van der Waals surface area contributed by atoms with Crippen molar-refractivity contribution < 1.29 is 19.4 Å². The molecule has 0 bridgehead atoms. The Bertz CT molecular complexity index is 866. The maximum Gasteiger partial charge on any atom is 0.336 e. The van der Waals surface area contributed by atoms with Gasteiger partial charge in [-0.2, -0.15) is 0 Å². The smallest absolute Gasteiger partial charge is 0.336 e. The van der Waals surface area contributed by atoms with Crippen LogP contribution in [0.4, 0.5) is 5.69 Å². The molecule has 0 radical (unpaired) electrons. The average molecular weight is 355 g/mol. The Balaban J connectivity index is 2.13. The Morgan fingerprint density at radius 2 is 2.00 bits per heavy atom. The SMILES string of the molecule is COc1cnc(C)cc1-c1cc(N2CCN(C)CC2=O)ccc1C(=O)O. The van der Waals surface area contributed by atoms with Crippen LogP contribution in [0.5, 0.6) is 5.75 Å².